The van der Waals surface area contributed by atoms with Crippen LogP contribution in [0.15, 0.2) is 18.5 Å². The summed E-state index contributed by atoms with van der Waals surface area (Å²) in [6, 6.07) is 1.84. The van der Waals surface area contributed by atoms with Gasteiger partial charge in [0, 0.05) is 23.9 Å². The van der Waals surface area contributed by atoms with Crippen LogP contribution in [-0.2, 0) is 4.79 Å². The third kappa shape index (κ3) is 2.73. The second kappa shape index (κ2) is 5.54. The molecule has 1 aromatic heterocycles. The van der Waals surface area contributed by atoms with Crippen LogP contribution in [0.4, 0.5) is 5.69 Å². The monoisotopic (exact) mass is 251 g/mol. The van der Waals surface area contributed by atoms with Crippen LogP contribution in [-0.4, -0.2) is 35.2 Å². The first-order valence-corrected chi connectivity index (χ1v) is 6.42. The highest BCUT2D eigenvalue weighted by molar-refractivity contribution is 5.92. The maximum absolute atomic E-state index is 12.0. The van der Waals surface area contributed by atoms with E-state index in [1.165, 1.54) is 0 Å². The van der Waals surface area contributed by atoms with E-state index < -0.39 is 0 Å². The summed E-state index contributed by atoms with van der Waals surface area (Å²) in [5.41, 5.74) is 0.623. The number of amides is 1. The van der Waals surface area contributed by atoms with E-state index in [1.54, 1.807) is 12.4 Å². The topological polar surface area (TPSA) is 77.2 Å². The zero-order valence-electron chi connectivity index (χ0n) is 10.7. The molecule has 0 radical (unpaired) electrons. The summed E-state index contributed by atoms with van der Waals surface area (Å²) >= 11 is 0. The fourth-order valence-electron chi connectivity index (χ4n) is 2.57. The second-order valence-corrected chi connectivity index (χ2v) is 5.05. The Labute approximate surface area is 107 Å². The number of H-pyrrole nitrogens is 1. The molecule has 100 valence electrons. The molecule has 1 aromatic rings. The Kier molecular flexibility index (Phi) is 4.04. The van der Waals surface area contributed by atoms with Gasteiger partial charge in [0.15, 0.2) is 0 Å². The average Bonchev–Trinajstić information content (AvgIpc) is 2.91. The molecule has 18 heavy (non-hydrogen) atoms. The first kappa shape index (κ1) is 13.1. The number of aliphatic hydroxyl groups excluding tert-OH is 1. The summed E-state index contributed by atoms with van der Waals surface area (Å²) in [7, 11) is 1.87. The molecule has 0 spiro atoms. The van der Waals surface area contributed by atoms with Crippen molar-refractivity contribution in [3.8, 4) is 0 Å². The molecule has 0 aromatic carbocycles. The van der Waals surface area contributed by atoms with Crippen LogP contribution in [0.1, 0.15) is 25.7 Å². The Morgan fingerprint density at radius 1 is 1.56 bits per heavy atom. The van der Waals surface area contributed by atoms with Gasteiger partial charge in [0.25, 0.3) is 0 Å². The van der Waals surface area contributed by atoms with E-state index in [1.807, 2.05) is 13.1 Å². The van der Waals surface area contributed by atoms with E-state index in [0.717, 1.165) is 31.4 Å². The molecule has 1 aliphatic carbocycles. The standard InChI is InChI=1S/C13H21N3O2/c1-14-13(9-17)5-2-10(3-6-13)12(18)16-11-4-7-15-8-11/h4,7-8,10,14-15,17H,2-3,5-6,9H2,1H3,(H,16,18). The molecule has 1 fully saturated rings. The lowest BCUT2D eigenvalue weighted by molar-refractivity contribution is -0.121. The number of carbonyl (C=O) groups is 1. The van der Waals surface area contributed by atoms with Gasteiger partial charge < -0.3 is 20.7 Å². The Hall–Kier alpha value is -1.33. The van der Waals surface area contributed by atoms with Crippen LogP contribution in [0.25, 0.3) is 0 Å². The molecule has 5 nitrogen and oxygen atoms in total. The van der Waals surface area contributed by atoms with Gasteiger partial charge in [0.1, 0.15) is 0 Å². The van der Waals surface area contributed by atoms with Crippen molar-refractivity contribution in [1.29, 1.82) is 0 Å². The molecule has 1 heterocycles. The van der Waals surface area contributed by atoms with Gasteiger partial charge in [-0.05, 0) is 38.8 Å². The summed E-state index contributed by atoms with van der Waals surface area (Å²) < 4.78 is 0. The van der Waals surface area contributed by atoms with Gasteiger partial charge in [0.05, 0.1) is 12.3 Å². The minimum absolute atomic E-state index is 0.0490. The van der Waals surface area contributed by atoms with Gasteiger partial charge in [-0.2, -0.15) is 0 Å². The van der Waals surface area contributed by atoms with Crippen LogP contribution in [0.3, 0.4) is 0 Å². The number of aromatic amines is 1. The third-order valence-electron chi connectivity index (χ3n) is 4.01. The quantitative estimate of drug-likeness (QED) is 0.647. The molecule has 2 rings (SSSR count). The maximum Gasteiger partial charge on any atom is 0.227 e. The lowest BCUT2D eigenvalue weighted by Gasteiger charge is -2.38. The predicted molar refractivity (Wildman–Crippen MR) is 70.3 cm³/mol. The Morgan fingerprint density at radius 3 is 2.78 bits per heavy atom. The Balaban J connectivity index is 1.87. The minimum atomic E-state index is -0.190. The van der Waals surface area contributed by atoms with Crippen LogP contribution < -0.4 is 10.6 Å². The number of carbonyl (C=O) groups excluding carboxylic acids is 1. The van der Waals surface area contributed by atoms with Crippen molar-refractivity contribution in [3.63, 3.8) is 0 Å². The van der Waals surface area contributed by atoms with Gasteiger partial charge >= 0.3 is 0 Å². The van der Waals surface area contributed by atoms with E-state index in [2.05, 4.69) is 15.6 Å². The largest absolute Gasteiger partial charge is 0.394 e. The molecule has 0 atom stereocenters. The fraction of sp³-hybridized carbons (Fsp3) is 0.615. The predicted octanol–water partition coefficient (Wildman–Crippen LogP) is 1.09. The second-order valence-electron chi connectivity index (χ2n) is 5.05. The van der Waals surface area contributed by atoms with E-state index in [0.29, 0.717) is 0 Å². The van der Waals surface area contributed by atoms with Gasteiger partial charge in [-0.1, -0.05) is 0 Å². The molecule has 0 aliphatic heterocycles. The number of hydrogen-bond donors (Lipinski definition) is 4. The van der Waals surface area contributed by atoms with Crippen LogP contribution in [0, 0.1) is 5.92 Å². The van der Waals surface area contributed by atoms with Crippen molar-refractivity contribution in [2.75, 3.05) is 19.0 Å². The Morgan fingerprint density at radius 2 is 2.28 bits per heavy atom. The molecule has 5 heteroatoms. The first-order chi connectivity index (χ1) is 8.69. The molecule has 0 bridgehead atoms. The van der Waals surface area contributed by atoms with Crippen molar-refractivity contribution in [2.45, 2.75) is 31.2 Å². The molecule has 0 unspecified atom stereocenters. The van der Waals surface area contributed by atoms with Gasteiger partial charge in [-0.3, -0.25) is 4.79 Å². The lowest BCUT2D eigenvalue weighted by atomic mass is 9.76. The highest BCUT2D eigenvalue weighted by Gasteiger charge is 2.35. The number of hydrogen-bond acceptors (Lipinski definition) is 3. The van der Waals surface area contributed by atoms with E-state index in [4.69, 9.17) is 0 Å². The van der Waals surface area contributed by atoms with Crippen LogP contribution in [0.2, 0.25) is 0 Å². The lowest BCUT2D eigenvalue weighted by Crippen LogP contribution is -2.50. The summed E-state index contributed by atoms with van der Waals surface area (Å²) in [5, 5.41) is 15.5. The summed E-state index contributed by atoms with van der Waals surface area (Å²) in [6.07, 6.45) is 6.87. The molecule has 4 N–H and O–H groups in total. The zero-order chi connectivity index (χ0) is 13.0. The van der Waals surface area contributed by atoms with Gasteiger partial charge in [-0.25, -0.2) is 0 Å². The summed E-state index contributed by atoms with van der Waals surface area (Å²) in [4.78, 5) is 15.0. The number of aliphatic hydroxyl groups is 1. The highest BCUT2D eigenvalue weighted by atomic mass is 16.3. The Bertz CT molecular complexity index is 375. The molecule has 0 saturated heterocycles. The van der Waals surface area contributed by atoms with Crippen molar-refractivity contribution in [3.05, 3.63) is 18.5 Å². The smallest absolute Gasteiger partial charge is 0.227 e. The van der Waals surface area contributed by atoms with Crippen molar-refractivity contribution in [1.82, 2.24) is 10.3 Å². The van der Waals surface area contributed by atoms with E-state index in [-0.39, 0.29) is 24.0 Å². The van der Waals surface area contributed by atoms with Crippen LogP contribution >= 0.6 is 0 Å². The minimum Gasteiger partial charge on any atom is -0.394 e. The van der Waals surface area contributed by atoms with Gasteiger partial charge in [-0.15, -0.1) is 0 Å². The number of aromatic nitrogens is 1. The SMILES string of the molecule is CNC1(CO)CCC(C(=O)Nc2cc[nH]c2)CC1. The number of nitrogens with one attached hydrogen (secondary N) is 3. The van der Waals surface area contributed by atoms with E-state index in [9.17, 15) is 9.90 Å². The van der Waals surface area contributed by atoms with Crippen molar-refractivity contribution < 1.29 is 9.90 Å². The first-order valence-electron chi connectivity index (χ1n) is 6.42. The zero-order valence-corrected chi connectivity index (χ0v) is 10.7. The number of likely N-dealkylation sites (N-methyl/N-ethyl adjacent to an activating group) is 1. The molecule has 1 amide bonds. The summed E-state index contributed by atoms with van der Waals surface area (Å²) in [6.45, 7) is 0.135. The molecule has 1 aliphatic rings. The normalized spacial score (nSPS) is 28.0. The van der Waals surface area contributed by atoms with Crippen molar-refractivity contribution >= 4 is 11.6 Å². The summed E-state index contributed by atoms with van der Waals surface area (Å²) in [5.74, 6) is 0.130. The average molecular weight is 251 g/mol. The molecule has 1 saturated carbocycles. The van der Waals surface area contributed by atoms with E-state index >= 15 is 0 Å². The molecular formula is C13H21N3O2. The highest BCUT2D eigenvalue weighted by Crippen LogP contribution is 2.32. The fourth-order valence-corrected chi connectivity index (χ4v) is 2.57. The maximum atomic E-state index is 12.0. The van der Waals surface area contributed by atoms with Crippen molar-refractivity contribution in [2.24, 2.45) is 5.92 Å². The number of rotatable bonds is 4. The molecular weight excluding hydrogens is 230 g/mol. The van der Waals surface area contributed by atoms with Gasteiger partial charge in [0.2, 0.25) is 5.91 Å². The van der Waals surface area contributed by atoms with Crippen LogP contribution in [0.5, 0.6) is 0 Å². The number of anilines is 1. The third-order valence-corrected chi connectivity index (χ3v) is 4.01.